The Balaban J connectivity index is 1.51. The number of amides is 2. The number of urea groups is 1. The van der Waals surface area contributed by atoms with Crippen LogP contribution < -0.4 is 5.32 Å². The third kappa shape index (κ3) is 4.59. The summed E-state index contributed by atoms with van der Waals surface area (Å²) in [6, 6.07) is 10.8. The highest BCUT2D eigenvalue weighted by Gasteiger charge is 2.29. The van der Waals surface area contributed by atoms with Gasteiger partial charge in [-0.1, -0.05) is 23.4 Å². The minimum atomic E-state index is -0.316. The third-order valence-electron chi connectivity index (χ3n) is 4.11. The molecule has 0 aliphatic carbocycles. The maximum atomic E-state index is 12.4. The summed E-state index contributed by atoms with van der Waals surface area (Å²) in [7, 11) is 0. The number of ether oxygens (including phenoxy) is 1. The molecule has 1 aliphatic rings. The summed E-state index contributed by atoms with van der Waals surface area (Å²) >= 11 is 0. The fourth-order valence-corrected chi connectivity index (χ4v) is 2.83. The predicted molar refractivity (Wildman–Crippen MR) is 90.8 cm³/mol. The molecule has 2 amide bonds. The Labute approximate surface area is 145 Å². The lowest BCUT2D eigenvalue weighted by molar-refractivity contribution is -0.151. The van der Waals surface area contributed by atoms with E-state index in [1.54, 1.807) is 17.9 Å². The van der Waals surface area contributed by atoms with E-state index in [-0.39, 0.29) is 24.5 Å². The molecule has 0 unspecified atom stereocenters. The molecule has 7 heteroatoms. The van der Waals surface area contributed by atoms with Crippen LogP contribution in [0.15, 0.2) is 40.9 Å². The van der Waals surface area contributed by atoms with Gasteiger partial charge in [0.15, 0.2) is 0 Å². The molecule has 132 valence electrons. The molecule has 0 spiro atoms. The van der Waals surface area contributed by atoms with Gasteiger partial charge >= 0.3 is 12.0 Å². The maximum absolute atomic E-state index is 12.4. The number of piperidine rings is 1. The molecule has 1 N–H and O–H groups in total. The number of nitrogens with one attached hydrogen (secondary N) is 1. The van der Waals surface area contributed by atoms with Crippen molar-refractivity contribution >= 4 is 17.7 Å². The van der Waals surface area contributed by atoms with E-state index in [9.17, 15) is 9.59 Å². The topological polar surface area (TPSA) is 84.7 Å². The number of aryl methyl sites for hydroxylation is 1. The molecule has 7 nitrogen and oxygen atoms in total. The highest BCUT2D eigenvalue weighted by Crippen LogP contribution is 2.20. The first-order chi connectivity index (χ1) is 12.1. The zero-order valence-corrected chi connectivity index (χ0v) is 14.1. The molecule has 1 saturated heterocycles. The summed E-state index contributed by atoms with van der Waals surface area (Å²) in [6.07, 6.45) is 1.48. The quantitative estimate of drug-likeness (QED) is 0.863. The van der Waals surface area contributed by atoms with E-state index in [0.29, 0.717) is 31.0 Å². The Kier molecular flexibility index (Phi) is 5.33. The molecule has 3 rings (SSSR count). The number of likely N-dealkylation sites (tertiary alicyclic amines) is 1. The van der Waals surface area contributed by atoms with E-state index in [1.165, 1.54) is 0 Å². The number of para-hydroxylation sites is 1. The fraction of sp³-hybridized carbons (Fsp3) is 0.389. The van der Waals surface area contributed by atoms with Gasteiger partial charge in [0.05, 0.1) is 5.92 Å². The number of hydrogen-bond donors (Lipinski definition) is 1. The first-order valence-electron chi connectivity index (χ1n) is 8.31. The van der Waals surface area contributed by atoms with Crippen LogP contribution in [0.5, 0.6) is 0 Å². The van der Waals surface area contributed by atoms with Crippen LogP contribution in [-0.4, -0.2) is 35.1 Å². The van der Waals surface area contributed by atoms with Crippen LogP contribution >= 0.6 is 0 Å². The van der Waals surface area contributed by atoms with Crippen LogP contribution in [-0.2, 0) is 16.1 Å². The molecule has 1 aliphatic heterocycles. The van der Waals surface area contributed by atoms with Crippen LogP contribution in [0.25, 0.3) is 0 Å². The van der Waals surface area contributed by atoms with Crippen LogP contribution in [0, 0.1) is 12.8 Å². The van der Waals surface area contributed by atoms with Crippen molar-refractivity contribution in [1.29, 1.82) is 0 Å². The van der Waals surface area contributed by atoms with E-state index < -0.39 is 0 Å². The Morgan fingerprint density at radius 3 is 2.88 bits per heavy atom. The number of nitrogens with zero attached hydrogens (tertiary/aromatic N) is 2. The van der Waals surface area contributed by atoms with E-state index in [1.807, 2.05) is 30.3 Å². The molecule has 1 aromatic heterocycles. The Morgan fingerprint density at radius 2 is 2.16 bits per heavy atom. The molecule has 25 heavy (non-hydrogen) atoms. The number of carbonyl (C=O) groups excluding carboxylic acids is 2. The lowest BCUT2D eigenvalue weighted by Crippen LogP contribution is -2.44. The number of benzene rings is 1. The third-order valence-corrected chi connectivity index (χ3v) is 4.11. The summed E-state index contributed by atoms with van der Waals surface area (Å²) in [5, 5.41) is 6.64. The van der Waals surface area contributed by atoms with Gasteiger partial charge in [0.1, 0.15) is 18.1 Å². The average Bonchev–Trinajstić information content (AvgIpc) is 3.06. The lowest BCUT2D eigenvalue weighted by atomic mass is 9.98. The van der Waals surface area contributed by atoms with Crippen molar-refractivity contribution in [3.05, 3.63) is 47.9 Å². The summed E-state index contributed by atoms with van der Waals surface area (Å²) in [4.78, 5) is 26.3. The second-order valence-corrected chi connectivity index (χ2v) is 6.12. The second-order valence-electron chi connectivity index (χ2n) is 6.12. The average molecular weight is 343 g/mol. The minimum absolute atomic E-state index is 0.0862. The predicted octanol–water partition coefficient (Wildman–Crippen LogP) is 2.97. The summed E-state index contributed by atoms with van der Waals surface area (Å²) in [6.45, 7) is 2.85. The highest BCUT2D eigenvalue weighted by molar-refractivity contribution is 5.89. The van der Waals surface area contributed by atoms with Gasteiger partial charge in [0.25, 0.3) is 0 Å². The van der Waals surface area contributed by atoms with Crippen molar-refractivity contribution < 1.29 is 18.8 Å². The number of aromatic nitrogens is 1. The van der Waals surface area contributed by atoms with Crippen molar-refractivity contribution in [2.24, 2.45) is 5.92 Å². The largest absolute Gasteiger partial charge is 0.459 e. The molecule has 0 bridgehead atoms. The van der Waals surface area contributed by atoms with Gasteiger partial charge in [-0.25, -0.2) is 4.79 Å². The number of carbonyl (C=O) groups is 2. The molecule has 2 aromatic rings. The van der Waals surface area contributed by atoms with Crippen LogP contribution in [0.4, 0.5) is 10.5 Å². The normalized spacial score (nSPS) is 17.2. The van der Waals surface area contributed by atoms with Gasteiger partial charge < -0.3 is 19.5 Å². The molecule has 0 radical (unpaired) electrons. The lowest BCUT2D eigenvalue weighted by Gasteiger charge is -2.31. The van der Waals surface area contributed by atoms with E-state index in [0.717, 1.165) is 12.1 Å². The summed E-state index contributed by atoms with van der Waals surface area (Å²) < 4.78 is 10.3. The SMILES string of the molecule is Cc1cc(COC(=O)[C@H]2CCCN(C(=O)Nc3ccccc3)C2)no1. The first kappa shape index (κ1) is 17.0. The standard InChI is InChI=1S/C18H21N3O4/c1-13-10-16(20-25-13)12-24-17(22)14-6-5-9-21(11-14)18(23)19-15-7-3-2-4-8-15/h2-4,7-8,10,14H,5-6,9,11-12H2,1H3,(H,19,23)/t14-/m0/s1. The zero-order valence-electron chi connectivity index (χ0n) is 14.1. The molecular weight excluding hydrogens is 322 g/mol. The van der Waals surface area contributed by atoms with Crippen LogP contribution in [0.2, 0.25) is 0 Å². The monoisotopic (exact) mass is 343 g/mol. The zero-order chi connectivity index (χ0) is 17.6. The van der Waals surface area contributed by atoms with Gasteiger partial charge in [-0.05, 0) is 31.9 Å². The Hall–Kier alpha value is -2.83. The van der Waals surface area contributed by atoms with Gasteiger partial charge in [-0.15, -0.1) is 0 Å². The summed E-state index contributed by atoms with van der Waals surface area (Å²) in [5.41, 5.74) is 1.32. The molecule has 2 heterocycles. The van der Waals surface area contributed by atoms with Crippen molar-refractivity contribution in [2.45, 2.75) is 26.4 Å². The van der Waals surface area contributed by atoms with Crippen molar-refractivity contribution in [3.8, 4) is 0 Å². The fourth-order valence-electron chi connectivity index (χ4n) is 2.83. The second kappa shape index (κ2) is 7.83. The van der Waals surface area contributed by atoms with Crippen LogP contribution in [0.1, 0.15) is 24.3 Å². The Morgan fingerprint density at radius 1 is 1.36 bits per heavy atom. The van der Waals surface area contributed by atoms with E-state index in [4.69, 9.17) is 9.26 Å². The summed E-state index contributed by atoms with van der Waals surface area (Å²) in [5.74, 6) is 0.0496. The molecule has 1 atom stereocenters. The van der Waals surface area contributed by atoms with Gasteiger partial charge in [0.2, 0.25) is 0 Å². The Bertz CT molecular complexity index is 729. The maximum Gasteiger partial charge on any atom is 0.321 e. The number of hydrogen-bond acceptors (Lipinski definition) is 5. The molecule has 1 aromatic carbocycles. The van der Waals surface area contributed by atoms with Crippen LogP contribution in [0.3, 0.4) is 0 Å². The van der Waals surface area contributed by atoms with E-state index in [2.05, 4.69) is 10.5 Å². The molecule has 0 saturated carbocycles. The number of anilines is 1. The smallest absolute Gasteiger partial charge is 0.321 e. The van der Waals surface area contributed by atoms with Gasteiger partial charge in [0, 0.05) is 24.8 Å². The van der Waals surface area contributed by atoms with Crippen molar-refractivity contribution in [2.75, 3.05) is 18.4 Å². The molecular formula is C18H21N3O4. The van der Waals surface area contributed by atoms with Crippen molar-refractivity contribution in [3.63, 3.8) is 0 Å². The number of rotatable bonds is 4. The number of esters is 1. The first-order valence-corrected chi connectivity index (χ1v) is 8.31. The molecule has 1 fully saturated rings. The van der Waals surface area contributed by atoms with E-state index >= 15 is 0 Å². The highest BCUT2D eigenvalue weighted by atomic mass is 16.5. The van der Waals surface area contributed by atoms with Gasteiger partial charge in [-0.3, -0.25) is 4.79 Å². The van der Waals surface area contributed by atoms with Crippen molar-refractivity contribution in [1.82, 2.24) is 10.1 Å². The van der Waals surface area contributed by atoms with Gasteiger partial charge in [-0.2, -0.15) is 0 Å². The minimum Gasteiger partial charge on any atom is -0.459 e.